The van der Waals surface area contributed by atoms with Crippen molar-refractivity contribution in [3.05, 3.63) is 18.1 Å². The van der Waals surface area contributed by atoms with E-state index in [-0.39, 0.29) is 0 Å². The molecule has 0 aromatic carbocycles. The van der Waals surface area contributed by atoms with Crippen LogP contribution in [0.2, 0.25) is 0 Å². The van der Waals surface area contributed by atoms with Gasteiger partial charge in [0.25, 0.3) is 0 Å². The number of aryl methyl sites for hydroxylation is 1. The fourth-order valence-electron chi connectivity index (χ4n) is 1.01. The predicted molar refractivity (Wildman–Crippen MR) is 62.7 cm³/mol. The number of hydrogen-bond donors (Lipinski definition) is 1. The Morgan fingerprint density at radius 3 is 2.43 bits per heavy atom. The van der Waals surface area contributed by atoms with E-state index in [1.165, 1.54) is 6.33 Å². The third-order valence-corrected chi connectivity index (χ3v) is 1.43. The van der Waals surface area contributed by atoms with Crippen molar-refractivity contribution in [1.82, 2.24) is 15.0 Å². The first-order valence-electron chi connectivity index (χ1n) is 5.11. The van der Waals surface area contributed by atoms with Crippen molar-refractivity contribution in [2.75, 3.05) is 0 Å². The Hall–Kier alpha value is -1.19. The van der Waals surface area contributed by atoms with Gasteiger partial charge in [0, 0.05) is 0 Å². The molecule has 2 aromatic rings. The fraction of sp³-hybridized carbons (Fsp3) is 0.500. The number of aromatic nitrogens is 3. The molecule has 0 saturated heterocycles. The molecule has 14 heavy (non-hydrogen) atoms. The molecule has 0 aliphatic carbocycles. The van der Waals surface area contributed by atoms with E-state index in [9.17, 15) is 0 Å². The van der Waals surface area contributed by atoms with E-state index >= 15 is 0 Å². The molecular weight excluding hydrogens is 173 g/mol. The number of aromatic amines is 1. The van der Waals surface area contributed by atoms with Gasteiger partial charge in [0.05, 0.1) is 0 Å². The summed E-state index contributed by atoms with van der Waals surface area (Å²) in [5.74, 6) is 0. The van der Waals surface area contributed by atoms with Crippen LogP contribution >= 0.6 is 0 Å². The molecule has 3 nitrogen and oxygen atoms in total. The van der Waals surface area contributed by atoms with Gasteiger partial charge in [-0.05, 0) is 0 Å². The van der Waals surface area contributed by atoms with E-state index in [0.717, 1.165) is 16.5 Å². The molecule has 2 aromatic heterocycles. The van der Waals surface area contributed by atoms with Crippen LogP contribution in [0, 0.1) is 6.92 Å². The first-order chi connectivity index (χ1) is 6.86. The first kappa shape index (κ1) is 12.8. The molecule has 2 rings (SSSR count). The summed E-state index contributed by atoms with van der Waals surface area (Å²) in [6.07, 6.45) is 3.34. The zero-order valence-electron chi connectivity index (χ0n) is 9.63. The molecule has 0 bridgehead atoms. The Bertz CT molecular complexity index is 324. The molecule has 76 valence electrons. The first-order valence-corrected chi connectivity index (χ1v) is 5.11. The van der Waals surface area contributed by atoms with Gasteiger partial charge in [-0.2, -0.15) is 0 Å². The van der Waals surface area contributed by atoms with Crippen LogP contribution in [-0.2, 0) is 0 Å². The Balaban J connectivity index is 0.000000379. The van der Waals surface area contributed by atoms with Gasteiger partial charge in [0.2, 0.25) is 0 Å². The molecule has 0 fully saturated rings. The summed E-state index contributed by atoms with van der Waals surface area (Å²) >= 11 is 0. The molecule has 0 amide bonds. The second-order valence-electron chi connectivity index (χ2n) is 2.28. The summed E-state index contributed by atoms with van der Waals surface area (Å²) in [5, 5.41) is 1.07. The average Bonchev–Trinajstić information content (AvgIpc) is 2.64. The molecule has 0 aliphatic heterocycles. The quantitative estimate of drug-likeness (QED) is 0.695. The topological polar surface area (TPSA) is 41.6 Å². The molecule has 2 heterocycles. The van der Waals surface area contributed by atoms with Crippen molar-refractivity contribution in [1.29, 1.82) is 0 Å². The summed E-state index contributed by atoms with van der Waals surface area (Å²) in [5.41, 5.74) is 2.03. The summed E-state index contributed by atoms with van der Waals surface area (Å²) in [7, 11) is 0. The van der Waals surface area contributed by atoms with Crippen LogP contribution in [0.1, 0.15) is 33.3 Å². The number of H-pyrrole nitrogens is 1. The van der Waals surface area contributed by atoms with Gasteiger partial charge in [-0.25, -0.2) is 0 Å². The minimum atomic E-state index is 0.910. The predicted octanol–water partition coefficient (Wildman–Crippen LogP) is 2.66. The third kappa shape index (κ3) is 3.28. The second-order valence-corrected chi connectivity index (χ2v) is 2.28. The van der Waals surface area contributed by atoms with Gasteiger partial charge < -0.3 is 0 Å². The van der Waals surface area contributed by atoms with Gasteiger partial charge >= 0.3 is 57.8 Å². The van der Waals surface area contributed by atoms with Crippen molar-refractivity contribution >= 4 is 17.8 Å². The van der Waals surface area contributed by atoms with Gasteiger partial charge in [0.15, 0.2) is 0 Å². The molecule has 4 heteroatoms. The van der Waals surface area contributed by atoms with Crippen LogP contribution in [0.4, 0.5) is 0 Å². The Morgan fingerprint density at radius 2 is 1.86 bits per heavy atom. The van der Waals surface area contributed by atoms with E-state index < -0.39 is 0 Å². The van der Waals surface area contributed by atoms with Crippen molar-refractivity contribution in [2.24, 2.45) is 0 Å². The standard InChI is InChI=1S/C6H6BN3.2C2H6/c1-4-7-5-2-8-3-9-6(5)10-4;2*1-2/h2-3H,1H3,(H,8,9,10);2*1-2H3. The van der Waals surface area contributed by atoms with E-state index in [2.05, 4.69) is 15.0 Å². The molecule has 0 saturated carbocycles. The summed E-state index contributed by atoms with van der Waals surface area (Å²) in [6, 6.07) is 0. The summed E-state index contributed by atoms with van der Waals surface area (Å²) in [4.78, 5) is 11.0. The SMILES string of the molecule is CC.CC.Cc1bc2cncnc2[nH]1. The van der Waals surface area contributed by atoms with Gasteiger partial charge in [-0.3, -0.25) is 0 Å². The minimum absolute atomic E-state index is 0.910. The fourth-order valence-corrected chi connectivity index (χ4v) is 1.01. The Labute approximate surface area is 86.2 Å². The molecule has 0 radical (unpaired) electrons. The van der Waals surface area contributed by atoms with Crippen LogP contribution in [0.3, 0.4) is 0 Å². The normalized spacial score (nSPS) is 8.07. The van der Waals surface area contributed by atoms with E-state index in [0.29, 0.717) is 0 Å². The van der Waals surface area contributed by atoms with Crippen LogP contribution < -0.4 is 0 Å². The van der Waals surface area contributed by atoms with Crippen LogP contribution in [0.5, 0.6) is 0 Å². The van der Waals surface area contributed by atoms with E-state index in [1.54, 1.807) is 6.20 Å². The van der Waals surface area contributed by atoms with Crippen molar-refractivity contribution in [2.45, 2.75) is 34.6 Å². The van der Waals surface area contributed by atoms with Gasteiger partial charge in [0.1, 0.15) is 0 Å². The van der Waals surface area contributed by atoms with Gasteiger partial charge in [-0.15, -0.1) is 0 Å². The number of nitrogens with one attached hydrogen (secondary N) is 1. The number of hydrogen-bond acceptors (Lipinski definition) is 2. The second kappa shape index (κ2) is 7.24. The van der Waals surface area contributed by atoms with Crippen molar-refractivity contribution in [3.8, 4) is 0 Å². The number of nitrogens with zero attached hydrogens (tertiary/aromatic N) is 2. The number of fused-ring (bicyclic) bond motifs is 1. The zero-order chi connectivity index (χ0) is 11.0. The number of rotatable bonds is 0. The average molecular weight is 191 g/mol. The summed E-state index contributed by atoms with van der Waals surface area (Å²) in [6.45, 7) is 12.0. The Morgan fingerprint density at radius 1 is 1.21 bits per heavy atom. The maximum absolute atomic E-state index is 4.04. The third-order valence-electron chi connectivity index (χ3n) is 1.43. The molecule has 0 atom stereocenters. The molecule has 1 N–H and O–H groups in total. The molecule has 0 spiro atoms. The van der Waals surface area contributed by atoms with Crippen LogP contribution in [-0.4, -0.2) is 21.9 Å². The summed E-state index contributed by atoms with van der Waals surface area (Å²) < 4.78 is 0. The van der Waals surface area contributed by atoms with Crippen LogP contribution in [0.15, 0.2) is 12.5 Å². The van der Waals surface area contributed by atoms with Crippen molar-refractivity contribution in [3.63, 3.8) is 0 Å². The molecular formula is C10H18BN3. The van der Waals surface area contributed by atoms with Crippen LogP contribution in [0.25, 0.3) is 10.9 Å². The molecule has 0 unspecified atom stereocenters. The van der Waals surface area contributed by atoms with Gasteiger partial charge in [-0.1, -0.05) is 27.7 Å². The van der Waals surface area contributed by atoms with E-state index in [1.807, 2.05) is 41.5 Å². The zero-order valence-corrected chi connectivity index (χ0v) is 9.63. The van der Waals surface area contributed by atoms with E-state index in [4.69, 9.17) is 0 Å². The Kier molecular flexibility index (Phi) is 6.63. The maximum atomic E-state index is 4.04. The monoisotopic (exact) mass is 191 g/mol. The van der Waals surface area contributed by atoms with Crippen molar-refractivity contribution < 1.29 is 0 Å². The molecule has 0 aliphatic rings.